The Morgan fingerprint density at radius 1 is 1.18 bits per heavy atom. The van der Waals surface area contributed by atoms with E-state index in [-0.39, 0.29) is 35.5 Å². The SMILES string of the molecule is CC(OC(=O)CC1CCS(=O)(=O)C1)C(=O)c1ccc(NC(=O)C(C)(C)C)cc1. The van der Waals surface area contributed by atoms with E-state index in [0.29, 0.717) is 17.7 Å². The Hall–Kier alpha value is -2.22. The molecular formula is C20H27NO6S. The van der Waals surface area contributed by atoms with Crippen molar-refractivity contribution in [3.63, 3.8) is 0 Å². The third kappa shape index (κ3) is 6.15. The Labute approximate surface area is 165 Å². The number of hydrogen-bond acceptors (Lipinski definition) is 6. The molecule has 0 aliphatic carbocycles. The molecule has 0 aromatic heterocycles. The van der Waals surface area contributed by atoms with Gasteiger partial charge in [-0.25, -0.2) is 8.42 Å². The van der Waals surface area contributed by atoms with Crippen LogP contribution in [-0.2, 0) is 24.2 Å². The van der Waals surface area contributed by atoms with Gasteiger partial charge in [-0.2, -0.15) is 0 Å². The van der Waals surface area contributed by atoms with Crippen molar-refractivity contribution in [2.45, 2.75) is 46.6 Å². The minimum Gasteiger partial charge on any atom is -0.454 e. The summed E-state index contributed by atoms with van der Waals surface area (Å²) in [5, 5.41) is 2.77. The van der Waals surface area contributed by atoms with Gasteiger partial charge in [0.2, 0.25) is 11.7 Å². The molecule has 8 heteroatoms. The maximum absolute atomic E-state index is 12.5. The van der Waals surface area contributed by atoms with Gasteiger partial charge in [0.05, 0.1) is 11.5 Å². The van der Waals surface area contributed by atoms with Gasteiger partial charge in [0.25, 0.3) is 0 Å². The Bertz CT molecular complexity index is 852. The topological polar surface area (TPSA) is 107 Å². The predicted molar refractivity (Wildman–Crippen MR) is 106 cm³/mol. The molecule has 7 nitrogen and oxygen atoms in total. The van der Waals surface area contributed by atoms with Crippen molar-refractivity contribution in [2.24, 2.45) is 11.3 Å². The van der Waals surface area contributed by atoms with Gasteiger partial charge in [-0.3, -0.25) is 14.4 Å². The first kappa shape index (κ1) is 22.1. The molecule has 154 valence electrons. The second kappa shape index (κ2) is 8.43. The fraction of sp³-hybridized carbons (Fsp3) is 0.550. The summed E-state index contributed by atoms with van der Waals surface area (Å²) >= 11 is 0. The number of ether oxygens (including phenoxy) is 1. The quantitative estimate of drug-likeness (QED) is 0.572. The highest BCUT2D eigenvalue weighted by Crippen LogP contribution is 2.23. The third-order valence-corrected chi connectivity index (χ3v) is 6.40. The van der Waals surface area contributed by atoms with Gasteiger partial charge in [-0.15, -0.1) is 0 Å². The lowest BCUT2D eigenvalue weighted by Gasteiger charge is -2.18. The largest absolute Gasteiger partial charge is 0.454 e. The molecule has 1 aliphatic heterocycles. The molecule has 1 N–H and O–H groups in total. The Kier molecular flexibility index (Phi) is 6.64. The minimum absolute atomic E-state index is 0.00533. The van der Waals surface area contributed by atoms with Gasteiger partial charge >= 0.3 is 5.97 Å². The van der Waals surface area contributed by atoms with Gasteiger partial charge < -0.3 is 10.1 Å². The molecule has 2 atom stereocenters. The van der Waals surface area contributed by atoms with E-state index in [4.69, 9.17) is 4.74 Å². The molecule has 0 bridgehead atoms. The number of carbonyl (C=O) groups excluding carboxylic acids is 3. The van der Waals surface area contributed by atoms with Crippen molar-refractivity contribution in [2.75, 3.05) is 16.8 Å². The van der Waals surface area contributed by atoms with Gasteiger partial charge in [0, 0.05) is 23.1 Å². The summed E-state index contributed by atoms with van der Waals surface area (Å²) in [5.41, 5.74) is 0.400. The summed E-state index contributed by atoms with van der Waals surface area (Å²) in [5.74, 6) is -1.23. The van der Waals surface area contributed by atoms with E-state index >= 15 is 0 Å². The molecule has 2 unspecified atom stereocenters. The van der Waals surface area contributed by atoms with Crippen molar-refractivity contribution in [3.05, 3.63) is 29.8 Å². The zero-order chi connectivity index (χ0) is 21.1. The van der Waals surface area contributed by atoms with Gasteiger partial charge in [-0.05, 0) is 43.5 Å². The predicted octanol–water partition coefficient (Wildman–Crippen LogP) is 2.61. The van der Waals surface area contributed by atoms with E-state index in [1.54, 1.807) is 45.0 Å². The Balaban J connectivity index is 1.90. The van der Waals surface area contributed by atoms with Crippen LogP contribution in [0.1, 0.15) is 50.9 Å². The standard InChI is InChI=1S/C20H27NO6S/c1-13(27-17(22)11-14-9-10-28(25,26)12-14)18(23)15-5-7-16(8-6-15)21-19(24)20(2,3)4/h5-8,13-14H,9-12H2,1-4H3,(H,21,24). The highest BCUT2D eigenvalue weighted by Gasteiger charge is 2.31. The first-order chi connectivity index (χ1) is 12.9. The van der Waals surface area contributed by atoms with E-state index in [1.807, 2.05) is 0 Å². The number of sulfone groups is 1. The fourth-order valence-electron chi connectivity index (χ4n) is 2.84. The zero-order valence-electron chi connectivity index (χ0n) is 16.7. The molecule has 28 heavy (non-hydrogen) atoms. The molecule has 0 saturated carbocycles. The lowest BCUT2D eigenvalue weighted by molar-refractivity contribution is -0.147. The van der Waals surface area contributed by atoms with Crippen molar-refractivity contribution in [1.82, 2.24) is 0 Å². The molecule has 1 aromatic carbocycles. The van der Waals surface area contributed by atoms with Crippen LogP contribution >= 0.6 is 0 Å². The second-order valence-electron chi connectivity index (χ2n) is 8.25. The van der Waals surface area contributed by atoms with Crippen LogP contribution in [0.15, 0.2) is 24.3 Å². The summed E-state index contributed by atoms with van der Waals surface area (Å²) in [6.07, 6.45) is -0.531. The Morgan fingerprint density at radius 3 is 2.29 bits per heavy atom. The molecule has 1 amide bonds. The van der Waals surface area contributed by atoms with E-state index < -0.39 is 27.3 Å². The summed E-state index contributed by atoms with van der Waals surface area (Å²) in [6.45, 7) is 6.90. The number of amides is 1. The lowest BCUT2D eigenvalue weighted by atomic mass is 9.95. The molecule has 1 aliphatic rings. The maximum Gasteiger partial charge on any atom is 0.306 e. The number of carbonyl (C=O) groups is 3. The Morgan fingerprint density at radius 2 is 1.79 bits per heavy atom. The summed E-state index contributed by atoms with van der Waals surface area (Å²) in [6, 6.07) is 6.37. The van der Waals surface area contributed by atoms with Gasteiger partial charge in [-0.1, -0.05) is 20.8 Å². The van der Waals surface area contributed by atoms with Crippen LogP contribution < -0.4 is 5.32 Å². The van der Waals surface area contributed by atoms with Crippen LogP contribution in [0, 0.1) is 11.3 Å². The minimum atomic E-state index is -3.06. The fourth-order valence-corrected chi connectivity index (χ4v) is 4.70. The van der Waals surface area contributed by atoms with E-state index in [9.17, 15) is 22.8 Å². The number of rotatable bonds is 6. The number of benzene rings is 1. The molecule has 2 rings (SSSR count). The maximum atomic E-state index is 12.5. The normalized spacial score (nSPS) is 19.6. The smallest absolute Gasteiger partial charge is 0.306 e. The molecule has 1 saturated heterocycles. The number of anilines is 1. The molecule has 1 aromatic rings. The highest BCUT2D eigenvalue weighted by atomic mass is 32.2. The molecule has 1 fully saturated rings. The van der Waals surface area contributed by atoms with Crippen molar-refractivity contribution in [3.8, 4) is 0 Å². The molecule has 1 heterocycles. The van der Waals surface area contributed by atoms with E-state index in [0.717, 1.165) is 0 Å². The van der Waals surface area contributed by atoms with E-state index in [2.05, 4.69) is 5.32 Å². The number of Topliss-reactive ketones (excluding diaryl/α,β-unsaturated/α-hetero) is 1. The van der Waals surface area contributed by atoms with E-state index in [1.165, 1.54) is 6.92 Å². The van der Waals surface area contributed by atoms with Crippen LogP contribution in [-0.4, -0.2) is 43.7 Å². The number of hydrogen-bond donors (Lipinski definition) is 1. The van der Waals surface area contributed by atoms with Crippen LogP contribution in [0.5, 0.6) is 0 Å². The molecule has 0 spiro atoms. The second-order valence-corrected chi connectivity index (χ2v) is 10.5. The monoisotopic (exact) mass is 409 g/mol. The average molecular weight is 410 g/mol. The summed E-state index contributed by atoms with van der Waals surface area (Å²) < 4.78 is 28.1. The number of ketones is 1. The first-order valence-electron chi connectivity index (χ1n) is 9.23. The van der Waals surface area contributed by atoms with Crippen LogP contribution in [0.2, 0.25) is 0 Å². The third-order valence-electron chi connectivity index (χ3n) is 4.57. The van der Waals surface area contributed by atoms with Gasteiger partial charge in [0.1, 0.15) is 0 Å². The van der Waals surface area contributed by atoms with Gasteiger partial charge in [0.15, 0.2) is 15.9 Å². The van der Waals surface area contributed by atoms with Crippen molar-refractivity contribution in [1.29, 1.82) is 0 Å². The average Bonchev–Trinajstić information content (AvgIpc) is 2.92. The highest BCUT2D eigenvalue weighted by molar-refractivity contribution is 7.91. The number of nitrogens with one attached hydrogen (secondary N) is 1. The van der Waals surface area contributed by atoms with Crippen molar-refractivity contribution < 1.29 is 27.5 Å². The summed E-state index contributed by atoms with van der Waals surface area (Å²) in [7, 11) is -3.06. The van der Waals surface area contributed by atoms with Crippen LogP contribution in [0.3, 0.4) is 0 Å². The zero-order valence-corrected chi connectivity index (χ0v) is 17.5. The number of esters is 1. The molecular weight excluding hydrogens is 382 g/mol. The molecule has 0 radical (unpaired) electrons. The summed E-state index contributed by atoms with van der Waals surface area (Å²) in [4.78, 5) is 36.5. The first-order valence-corrected chi connectivity index (χ1v) is 11.0. The van der Waals surface area contributed by atoms with Crippen molar-refractivity contribution >= 4 is 33.2 Å². The van der Waals surface area contributed by atoms with Crippen LogP contribution in [0.25, 0.3) is 0 Å². The lowest BCUT2D eigenvalue weighted by Crippen LogP contribution is -2.27. The van der Waals surface area contributed by atoms with Crippen LogP contribution in [0.4, 0.5) is 5.69 Å².